The average Bonchev–Trinajstić information content (AvgIpc) is 2.48. The summed E-state index contributed by atoms with van der Waals surface area (Å²) in [6, 6.07) is 12.3. The molecule has 106 valence electrons. The maximum absolute atomic E-state index is 13.2. The first-order valence-corrected chi connectivity index (χ1v) is 6.23. The number of nitrogens with one attached hydrogen (secondary N) is 1. The van der Waals surface area contributed by atoms with Gasteiger partial charge in [-0.15, -0.1) is 0 Å². The molecule has 21 heavy (non-hydrogen) atoms. The highest BCUT2D eigenvalue weighted by Crippen LogP contribution is 2.17. The van der Waals surface area contributed by atoms with Crippen LogP contribution in [0.15, 0.2) is 42.5 Å². The lowest BCUT2D eigenvalue weighted by Crippen LogP contribution is -2.14. The highest BCUT2D eigenvalue weighted by Gasteiger charge is 2.12. The fraction of sp³-hybridized carbons (Fsp3) is 0.133. The van der Waals surface area contributed by atoms with Crippen LogP contribution in [0, 0.1) is 27.3 Å². The Morgan fingerprint density at radius 3 is 2.62 bits per heavy atom. The fourth-order valence-corrected chi connectivity index (χ4v) is 1.99. The molecule has 0 spiro atoms. The summed E-state index contributed by atoms with van der Waals surface area (Å²) in [5, 5.41) is 22.8. The third kappa shape index (κ3) is 3.61. The average molecular weight is 285 g/mol. The van der Waals surface area contributed by atoms with Crippen molar-refractivity contribution in [2.45, 2.75) is 13.1 Å². The summed E-state index contributed by atoms with van der Waals surface area (Å²) < 4.78 is 13.2. The normalized spacial score (nSPS) is 10.1. The van der Waals surface area contributed by atoms with Crippen molar-refractivity contribution in [2.75, 3.05) is 0 Å². The Kier molecular flexibility index (Phi) is 4.59. The van der Waals surface area contributed by atoms with Gasteiger partial charge in [0, 0.05) is 24.7 Å². The molecule has 0 aliphatic rings. The third-order valence-electron chi connectivity index (χ3n) is 3.01. The van der Waals surface area contributed by atoms with Gasteiger partial charge in [-0.3, -0.25) is 10.1 Å². The molecule has 0 atom stereocenters. The minimum absolute atomic E-state index is 0.0322. The Bertz CT molecular complexity index is 710. The Morgan fingerprint density at radius 1 is 1.19 bits per heavy atom. The van der Waals surface area contributed by atoms with Crippen LogP contribution in [0.25, 0.3) is 0 Å². The molecule has 0 saturated heterocycles. The van der Waals surface area contributed by atoms with Gasteiger partial charge in [-0.1, -0.05) is 18.2 Å². The molecule has 2 aromatic carbocycles. The van der Waals surface area contributed by atoms with Gasteiger partial charge in [0.25, 0.3) is 5.69 Å². The summed E-state index contributed by atoms with van der Waals surface area (Å²) in [7, 11) is 0. The molecule has 2 rings (SSSR count). The number of para-hydroxylation sites is 1. The zero-order valence-corrected chi connectivity index (χ0v) is 11.0. The lowest BCUT2D eigenvalue weighted by atomic mass is 10.1. The second-order valence-corrected chi connectivity index (χ2v) is 4.40. The number of nitro benzene ring substituents is 1. The standard InChI is InChI=1S/C15H12FN3O2/c16-14-6-5-11(8-17)13(7-14)10-18-9-12-3-1-2-4-15(12)19(20)21/h1-7,18H,9-10H2. The molecule has 0 amide bonds. The van der Waals surface area contributed by atoms with Crippen molar-refractivity contribution in [1.82, 2.24) is 5.32 Å². The first kappa shape index (κ1) is 14.6. The number of benzene rings is 2. The number of hydrogen-bond donors (Lipinski definition) is 1. The lowest BCUT2D eigenvalue weighted by molar-refractivity contribution is -0.385. The van der Waals surface area contributed by atoms with E-state index in [-0.39, 0.29) is 18.8 Å². The van der Waals surface area contributed by atoms with Crippen LogP contribution in [0.4, 0.5) is 10.1 Å². The van der Waals surface area contributed by atoms with Crippen LogP contribution >= 0.6 is 0 Å². The number of hydrogen-bond acceptors (Lipinski definition) is 4. The zero-order chi connectivity index (χ0) is 15.2. The van der Waals surface area contributed by atoms with Crippen LogP contribution in [0.2, 0.25) is 0 Å². The van der Waals surface area contributed by atoms with Crippen molar-refractivity contribution in [3.05, 3.63) is 75.1 Å². The topological polar surface area (TPSA) is 79.0 Å². The highest BCUT2D eigenvalue weighted by molar-refractivity contribution is 5.40. The van der Waals surface area contributed by atoms with E-state index in [2.05, 4.69) is 5.32 Å². The van der Waals surface area contributed by atoms with Crippen molar-refractivity contribution in [2.24, 2.45) is 0 Å². The Hall–Kier alpha value is -2.78. The molecular formula is C15H12FN3O2. The van der Waals surface area contributed by atoms with Gasteiger partial charge in [-0.05, 0) is 23.8 Å². The first-order chi connectivity index (χ1) is 10.1. The van der Waals surface area contributed by atoms with E-state index in [0.717, 1.165) is 0 Å². The smallest absolute Gasteiger partial charge is 0.273 e. The summed E-state index contributed by atoms with van der Waals surface area (Å²) in [4.78, 5) is 10.4. The molecule has 0 radical (unpaired) electrons. The predicted molar refractivity (Wildman–Crippen MR) is 74.8 cm³/mol. The van der Waals surface area contributed by atoms with Gasteiger partial charge < -0.3 is 5.32 Å². The van der Waals surface area contributed by atoms with Gasteiger partial charge in [-0.25, -0.2) is 4.39 Å². The van der Waals surface area contributed by atoms with Crippen LogP contribution in [0.5, 0.6) is 0 Å². The quantitative estimate of drug-likeness (QED) is 0.676. The Balaban J connectivity index is 2.08. The van der Waals surface area contributed by atoms with Crippen molar-refractivity contribution in [3.8, 4) is 6.07 Å². The molecule has 1 N–H and O–H groups in total. The summed E-state index contributed by atoms with van der Waals surface area (Å²) in [6.07, 6.45) is 0. The largest absolute Gasteiger partial charge is 0.308 e. The van der Waals surface area contributed by atoms with Gasteiger partial charge in [0.15, 0.2) is 0 Å². The monoisotopic (exact) mass is 285 g/mol. The van der Waals surface area contributed by atoms with Crippen LogP contribution in [-0.4, -0.2) is 4.92 Å². The Labute approximate surface area is 120 Å². The number of rotatable bonds is 5. The van der Waals surface area contributed by atoms with Crippen molar-refractivity contribution in [3.63, 3.8) is 0 Å². The number of halogens is 1. The van der Waals surface area contributed by atoms with E-state index in [9.17, 15) is 14.5 Å². The molecule has 6 heteroatoms. The van der Waals surface area contributed by atoms with E-state index in [1.165, 1.54) is 24.3 Å². The van der Waals surface area contributed by atoms with E-state index in [1.54, 1.807) is 18.2 Å². The van der Waals surface area contributed by atoms with Crippen molar-refractivity contribution in [1.29, 1.82) is 5.26 Å². The van der Waals surface area contributed by atoms with E-state index in [1.807, 2.05) is 6.07 Å². The van der Waals surface area contributed by atoms with Gasteiger partial charge >= 0.3 is 0 Å². The van der Waals surface area contributed by atoms with E-state index >= 15 is 0 Å². The van der Waals surface area contributed by atoms with Gasteiger partial charge in [0.2, 0.25) is 0 Å². The van der Waals surface area contributed by atoms with E-state index in [4.69, 9.17) is 5.26 Å². The summed E-state index contributed by atoms with van der Waals surface area (Å²) in [5.74, 6) is -0.420. The van der Waals surface area contributed by atoms with Crippen LogP contribution in [-0.2, 0) is 13.1 Å². The SMILES string of the molecule is N#Cc1ccc(F)cc1CNCc1ccccc1[N+](=O)[O-]. The third-order valence-corrected chi connectivity index (χ3v) is 3.01. The molecule has 0 saturated carbocycles. The molecule has 2 aromatic rings. The van der Waals surface area contributed by atoms with Crippen LogP contribution < -0.4 is 5.32 Å². The fourth-order valence-electron chi connectivity index (χ4n) is 1.99. The molecule has 0 unspecified atom stereocenters. The summed E-state index contributed by atoms with van der Waals surface area (Å²) in [5.41, 5.74) is 1.48. The number of nitrogens with zero attached hydrogens (tertiary/aromatic N) is 2. The maximum atomic E-state index is 13.2. The first-order valence-electron chi connectivity index (χ1n) is 6.23. The highest BCUT2D eigenvalue weighted by atomic mass is 19.1. The molecule has 0 bridgehead atoms. The van der Waals surface area contributed by atoms with Gasteiger partial charge in [0.05, 0.1) is 16.6 Å². The molecule has 0 aliphatic carbocycles. The van der Waals surface area contributed by atoms with E-state index in [0.29, 0.717) is 16.7 Å². The van der Waals surface area contributed by atoms with Crippen LogP contribution in [0.1, 0.15) is 16.7 Å². The summed E-state index contributed by atoms with van der Waals surface area (Å²) in [6.45, 7) is 0.519. The van der Waals surface area contributed by atoms with Gasteiger partial charge in [-0.2, -0.15) is 5.26 Å². The maximum Gasteiger partial charge on any atom is 0.273 e. The van der Waals surface area contributed by atoms with E-state index < -0.39 is 10.7 Å². The molecule has 5 nitrogen and oxygen atoms in total. The minimum Gasteiger partial charge on any atom is -0.308 e. The second kappa shape index (κ2) is 6.59. The number of nitro groups is 1. The zero-order valence-electron chi connectivity index (χ0n) is 11.0. The van der Waals surface area contributed by atoms with Gasteiger partial charge in [0.1, 0.15) is 5.82 Å². The number of nitriles is 1. The molecule has 0 aliphatic heterocycles. The van der Waals surface area contributed by atoms with Crippen LogP contribution in [0.3, 0.4) is 0 Å². The lowest BCUT2D eigenvalue weighted by Gasteiger charge is -2.07. The van der Waals surface area contributed by atoms with Crippen molar-refractivity contribution >= 4 is 5.69 Å². The second-order valence-electron chi connectivity index (χ2n) is 4.40. The molecule has 0 fully saturated rings. The predicted octanol–water partition coefficient (Wildman–Crippen LogP) is 2.90. The Morgan fingerprint density at radius 2 is 1.90 bits per heavy atom. The molecule has 0 heterocycles. The summed E-state index contributed by atoms with van der Waals surface area (Å²) >= 11 is 0. The molecule has 0 aromatic heterocycles. The molecular weight excluding hydrogens is 273 g/mol. The minimum atomic E-state index is -0.445. The van der Waals surface area contributed by atoms with Crippen molar-refractivity contribution < 1.29 is 9.31 Å².